The molecule has 2 aliphatic heterocycles. The molecule has 2 heterocycles. The van der Waals surface area contributed by atoms with Gasteiger partial charge in [0.15, 0.2) is 5.96 Å². The van der Waals surface area contributed by atoms with Crippen LogP contribution in [-0.4, -0.2) is 85.9 Å². The van der Waals surface area contributed by atoms with Gasteiger partial charge in [-0.15, -0.1) is 24.0 Å². The number of rotatable bonds is 6. The summed E-state index contributed by atoms with van der Waals surface area (Å²) in [6.45, 7) is 13.0. The van der Waals surface area contributed by atoms with Crippen LogP contribution in [0.4, 0.5) is 5.69 Å². The van der Waals surface area contributed by atoms with Crippen molar-refractivity contribution in [3.8, 4) is 0 Å². The van der Waals surface area contributed by atoms with Crippen LogP contribution in [0.3, 0.4) is 0 Å². The molecule has 0 aromatic heterocycles. The van der Waals surface area contributed by atoms with Gasteiger partial charge in [0.25, 0.3) is 0 Å². The van der Waals surface area contributed by atoms with Crippen molar-refractivity contribution in [3.63, 3.8) is 0 Å². The average Bonchev–Trinajstić information content (AvgIpc) is 2.73. The first-order valence-corrected chi connectivity index (χ1v) is 11.4. The summed E-state index contributed by atoms with van der Waals surface area (Å²) < 4.78 is 0. The van der Waals surface area contributed by atoms with Crippen LogP contribution in [0.1, 0.15) is 31.7 Å². The number of hydrogen-bond acceptors (Lipinski definition) is 4. The Labute approximate surface area is 203 Å². The molecule has 0 saturated carbocycles. The number of aliphatic imine (C=N–C) groups is 1. The van der Waals surface area contributed by atoms with Crippen molar-refractivity contribution in [1.82, 2.24) is 15.1 Å². The van der Waals surface area contributed by atoms with E-state index in [1.807, 2.05) is 6.07 Å². The molecule has 0 bridgehead atoms. The van der Waals surface area contributed by atoms with Crippen molar-refractivity contribution in [2.45, 2.75) is 39.2 Å². The highest BCUT2D eigenvalue weighted by molar-refractivity contribution is 14.0. The van der Waals surface area contributed by atoms with Crippen molar-refractivity contribution in [1.29, 1.82) is 0 Å². The lowest BCUT2D eigenvalue weighted by Gasteiger charge is -2.38. The van der Waals surface area contributed by atoms with E-state index in [0.29, 0.717) is 0 Å². The molecule has 0 atom stereocenters. The van der Waals surface area contributed by atoms with E-state index in [0.717, 1.165) is 89.1 Å². The molecule has 30 heavy (non-hydrogen) atoms. The maximum absolute atomic E-state index is 9.62. The largest absolute Gasteiger partial charge is 0.393 e. The molecule has 2 saturated heterocycles. The highest BCUT2D eigenvalue weighted by Gasteiger charge is 2.21. The van der Waals surface area contributed by atoms with Gasteiger partial charge in [-0.2, -0.15) is 0 Å². The van der Waals surface area contributed by atoms with Gasteiger partial charge in [0.05, 0.1) is 6.10 Å². The van der Waals surface area contributed by atoms with Crippen LogP contribution in [0.15, 0.2) is 23.2 Å². The summed E-state index contributed by atoms with van der Waals surface area (Å²) in [5, 5.41) is 13.9. The summed E-state index contributed by atoms with van der Waals surface area (Å²) in [4.78, 5) is 12.1. The maximum atomic E-state index is 9.62. The number of piperazine rings is 1. The van der Waals surface area contributed by atoms with Gasteiger partial charge in [0, 0.05) is 63.1 Å². The van der Waals surface area contributed by atoms with Crippen LogP contribution >= 0.6 is 35.6 Å². The summed E-state index contributed by atoms with van der Waals surface area (Å²) >= 11 is 6.21. The maximum Gasteiger partial charge on any atom is 0.194 e. The van der Waals surface area contributed by atoms with Crippen LogP contribution < -0.4 is 10.2 Å². The molecule has 0 radical (unpaired) electrons. The van der Waals surface area contributed by atoms with E-state index in [4.69, 9.17) is 16.6 Å². The normalized spacial score (nSPS) is 19.0. The fourth-order valence-electron chi connectivity index (χ4n) is 4.13. The second kappa shape index (κ2) is 12.9. The zero-order valence-electron chi connectivity index (χ0n) is 18.3. The summed E-state index contributed by atoms with van der Waals surface area (Å²) in [6, 6.07) is 6.13. The van der Waals surface area contributed by atoms with E-state index in [9.17, 15) is 5.11 Å². The molecule has 170 valence electrons. The number of nitrogens with zero attached hydrogens (tertiary/aromatic N) is 4. The average molecular weight is 550 g/mol. The fourth-order valence-corrected chi connectivity index (χ4v) is 4.30. The Morgan fingerprint density at radius 3 is 2.53 bits per heavy atom. The van der Waals surface area contributed by atoms with Gasteiger partial charge in [-0.05, 0) is 57.4 Å². The third-order valence-electron chi connectivity index (χ3n) is 5.88. The van der Waals surface area contributed by atoms with E-state index in [-0.39, 0.29) is 30.1 Å². The predicted molar refractivity (Wildman–Crippen MR) is 138 cm³/mol. The van der Waals surface area contributed by atoms with Crippen LogP contribution in [-0.2, 0) is 0 Å². The van der Waals surface area contributed by atoms with Crippen molar-refractivity contribution in [2.75, 3.05) is 63.8 Å². The topological polar surface area (TPSA) is 54.3 Å². The zero-order chi connectivity index (χ0) is 20.6. The zero-order valence-corrected chi connectivity index (χ0v) is 21.4. The summed E-state index contributed by atoms with van der Waals surface area (Å²) in [6.07, 6.45) is 2.77. The smallest absolute Gasteiger partial charge is 0.194 e. The molecule has 0 amide bonds. The monoisotopic (exact) mass is 549 g/mol. The first-order valence-electron chi connectivity index (χ1n) is 11.0. The number of guanidine groups is 1. The number of halogens is 2. The van der Waals surface area contributed by atoms with Gasteiger partial charge in [-0.1, -0.05) is 17.7 Å². The Balaban J connectivity index is 0.00000320. The highest BCUT2D eigenvalue weighted by atomic mass is 127. The molecule has 3 rings (SSSR count). The standard InChI is InChI=1S/C22H36ClN5O.HI/c1-3-24-22(25-9-4-10-26-11-7-20(29)8-12-26)28-15-13-27(14-16-28)21-17-19(23)6-5-18(21)2;/h5-6,17,20,29H,3-4,7-16H2,1-2H3,(H,24,25);1H. The minimum absolute atomic E-state index is 0. The Morgan fingerprint density at radius 1 is 1.17 bits per heavy atom. The lowest BCUT2D eigenvalue weighted by molar-refractivity contribution is 0.0824. The number of likely N-dealkylation sites (tertiary alicyclic amines) is 1. The third kappa shape index (κ3) is 7.43. The quantitative estimate of drug-likeness (QED) is 0.247. The van der Waals surface area contributed by atoms with Gasteiger partial charge in [0.1, 0.15) is 0 Å². The number of aryl methyl sites for hydroxylation is 1. The summed E-state index contributed by atoms with van der Waals surface area (Å²) in [5.74, 6) is 1.03. The first kappa shape index (κ1) is 25.5. The predicted octanol–water partition coefficient (Wildman–Crippen LogP) is 3.20. The minimum Gasteiger partial charge on any atom is -0.393 e. The third-order valence-corrected chi connectivity index (χ3v) is 6.11. The Morgan fingerprint density at radius 2 is 1.87 bits per heavy atom. The van der Waals surface area contributed by atoms with Gasteiger partial charge in [0.2, 0.25) is 0 Å². The van der Waals surface area contributed by atoms with Gasteiger partial charge < -0.3 is 25.1 Å². The second-order valence-corrected chi connectivity index (χ2v) is 8.50. The van der Waals surface area contributed by atoms with Crippen LogP contribution in [0.25, 0.3) is 0 Å². The number of benzene rings is 1. The lowest BCUT2D eigenvalue weighted by atomic mass is 10.1. The highest BCUT2D eigenvalue weighted by Crippen LogP contribution is 2.25. The lowest BCUT2D eigenvalue weighted by Crippen LogP contribution is -2.52. The van der Waals surface area contributed by atoms with E-state index in [1.54, 1.807) is 0 Å². The molecule has 6 nitrogen and oxygen atoms in total. The van der Waals surface area contributed by atoms with E-state index in [1.165, 1.54) is 11.3 Å². The molecule has 2 fully saturated rings. The SMILES string of the molecule is CCNC(=NCCCN1CCC(O)CC1)N1CCN(c2cc(Cl)ccc2C)CC1.I. The van der Waals surface area contributed by atoms with Crippen LogP contribution in [0, 0.1) is 6.92 Å². The van der Waals surface area contributed by atoms with Crippen molar-refractivity contribution >= 4 is 47.2 Å². The molecule has 1 aromatic rings. The number of hydrogen-bond donors (Lipinski definition) is 2. The van der Waals surface area contributed by atoms with Crippen molar-refractivity contribution < 1.29 is 5.11 Å². The molecular formula is C22H37ClIN5O. The van der Waals surface area contributed by atoms with E-state index in [2.05, 4.69) is 46.0 Å². The van der Waals surface area contributed by atoms with E-state index < -0.39 is 0 Å². The molecule has 8 heteroatoms. The Kier molecular flexibility index (Phi) is 11.0. The summed E-state index contributed by atoms with van der Waals surface area (Å²) in [5.41, 5.74) is 2.51. The summed E-state index contributed by atoms with van der Waals surface area (Å²) in [7, 11) is 0. The number of anilines is 1. The molecule has 2 N–H and O–H groups in total. The van der Waals surface area contributed by atoms with Gasteiger partial charge in [-0.3, -0.25) is 4.99 Å². The van der Waals surface area contributed by atoms with E-state index >= 15 is 0 Å². The number of aliphatic hydroxyl groups is 1. The van der Waals surface area contributed by atoms with Gasteiger partial charge in [-0.25, -0.2) is 0 Å². The first-order chi connectivity index (χ1) is 14.1. The number of aliphatic hydroxyl groups excluding tert-OH is 1. The van der Waals surface area contributed by atoms with Gasteiger partial charge >= 0.3 is 0 Å². The van der Waals surface area contributed by atoms with Crippen LogP contribution in [0.5, 0.6) is 0 Å². The Bertz CT molecular complexity index is 673. The molecule has 0 aliphatic carbocycles. The Hall–Kier alpha value is -0.770. The van der Waals surface area contributed by atoms with Crippen molar-refractivity contribution in [2.24, 2.45) is 4.99 Å². The number of piperidine rings is 1. The van der Waals surface area contributed by atoms with Crippen LogP contribution in [0.2, 0.25) is 5.02 Å². The molecule has 0 unspecified atom stereocenters. The molecular weight excluding hydrogens is 513 g/mol. The van der Waals surface area contributed by atoms with Crippen molar-refractivity contribution in [3.05, 3.63) is 28.8 Å². The molecule has 0 spiro atoms. The molecule has 1 aromatic carbocycles. The fraction of sp³-hybridized carbons (Fsp3) is 0.682. The number of nitrogens with one attached hydrogen (secondary N) is 1. The minimum atomic E-state index is -0.0982. The molecule has 2 aliphatic rings. The second-order valence-electron chi connectivity index (χ2n) is 8.07.